The van der Waals surface area contributed by atoms with Crippen LogP contribution in [0.2, 0.25) is 10.0 Å². The molecule has 1 atom stereocenters. The van der Waals surface area contributed by atoms with Gasteiger partial charge in [-0.1, -0.05) is 41.0 Å². The van der Waals surface area contributed by atoms with E-state index in [0.717, 1.165) is 5.56 Å². The number of hydrogen-bond acceptors (Lipinski definition) is 6. The molecule has 1 heterocycles. The first-order valence-corrected chi connectivity index (χ1v) is 13.1. The van der Waals surface area contributed by atoms with Crippen LogP contribution in [0.4, 0.5) is 11.4 Å². The molecule has 0 aliphatic carbocycles. The van der Waals surface area contributed by atoms with Crippen LogP contribution in [0.15, 0.2) is 71.7 Å². The molecule has 3 aromatic carbocycles. The number of anilines is 1. The summed E-state index contributed by atoms with van der Waals surface area (Å²) in [6.45, 7) is 0.388. The van der Waals surface area contributed by atoms with Gasteiger partial charge in [0.25, 0.3) is 0 Å². The number of amides is 2. The Morgan fingerprint density at radius 3 is 2.30 bits per heavy atom. The highest BCUT2D eigenvalue weighted by molar-refractivity contribution is 8.15. The molecule has 0 radical (unpaired) electrons. The number of amidine groups is 1. The van der Waals surface area contributed by atoms with Gasteiger partial charge in [-0.3, -0.25) is 14.5 Å². The van der Waals surface area contributed by atoms with Gasteiger partial charge >= 0.3 is 0 Å². The van der Waals surface area contributed by atoms with E-state index in [0.29, 0.717) is 51.1 Å². The molecule has 2 amide bonds. The first-order valence-electron chi connectivity index (χ1n) is 11.4. The minimum Gasteiger partial charge on any atom is -0.493 e. The second-order valence-corrected chi connectivity index (χ2v) is 10.2. The van der Waals surface area contributed by atoms with Crippen LogP contribution in [-0.4, -0.2) is 47.9 Å². The third-order valence-electron chi connectivity index (χ3n) is 5.67. The maximum absolute atomic E-state index is 13.3. The van der Waals surface area contributed by atoms with Gasteiger partial charge in [-0.05, 0) is 72.6 Å². The SMILES string of the molecule is COc1ccc(CCN2C(=O)CC(C(=O)Nc3ccc(Cl)cc3)SC2=Nc2ccc(Cl)cc2)cc1OC. The van der Waals surface area contributed by atoms with Gasteiger partial charge < -0.3 is 14.8 Å². The average molecular weight is 558 g/mol. The van der Waals surface area contributed by atoms with E-state index in [1.165, 1.54) is 11.8 Å². The number of carbonyl (C=O) groups is 2. The normalized spacial score (nSPS) is 16.5. The Hall–Kier alpha value is -3.20. The minimum atomic E-state index is -0.633. The Labute approximate surface area is 229 Å². The molecule has 1 saturated heterocycles. The van der Waals surface area contributed by atoms with Crippen molar-refractivity contribution in [3.8, 4) is 11.5 Å². The van der Waals surface area contributed by atoms with Crippen LogP contribution in [0, 0.1) is 0 Å². The standard InChI is InChI=1S/C27H25Cl2N3O4S/c1-35-22-12-3-17(15-23(22)36-2)13-14-32-25(33)16-24(26(34)30-20-8-4-18(28)5-9-20)37-27(32)31-21-10-6-19(29)7-11-21/h3-12,15,24H,13-14,16H2,1-2H3,(H,30,34). The zero-order valence-electron chi connectivity index (χ0n) is 20.2. The van der Waals surface area contributed by atoms with Crippen molar-refractivity contribution in [3.05, 3.63) is 82.3 Å². The summed E-state index contributed by atoms with van der Waals surface area (Å²) in [5, 5.41) is 3.84. The molecule has 7 nitrogen and oxygen atoms in total. The van der Waals surface area contributed by atoms with Crippen LogP contribution in [0.25, 0.3) is 0 Å². The Balaban J connectivity index is 1.55. The summed E-state index contributed by atoms with van der Waals surface area (Å²) in [5.74, 6) is 0.802. The zero-order valence-corrected chi connectivity index (χ0v) is 22.6. The molecule has 0 saturated carbocycles. The summed E-state index contributed by atoms with van der Waals surface area (Å²) in [5.41, 5.74) is 2.22. The van der Waals surface area contributed by atoms with Crippen molar-refractivity contribution in [1.82, 2.24) is 4.90 Å². The van der Waals surface area contributed by atoms with E-state index < -0.39 is 5.25 Å². The van der Waals surface area contributed by atoms with E-state index in [9.17, 15) is 9.59 Å². The fourth-order valence-corrected chi connectivity index (χ4v) is 5.10. The Morgan fingerprint density at radius 2 is 1.65 bits per heavy atom. The third-order valence-corrected chi connectivity index (χ3v) is 7.36. The van der Waals surface area contributed by atoms with Crippen molar-refractivity contribution in [2.45, 2.75) is 18.1 Å². The number of ether oxygens (including phenoxy) is 2. The molecule has 1 fully saturated rings. The number of thioether (sulfide) groups is 1. The van der Waals surface area contributed by atoms with E-state index >= 15 is 0 Å². The number of aliphatic imine (C=N–C) groups is 1. The third kappa shape index (κ3) is 6.97. The number of nitrogens with one attached hydrogen (secondary N) is 1. The van der Waals surface area contributed by atoms with Gasteiger partial charge in [0.2, 0.25) is 11.8 Å². The summed E-state index contributed by atoms with van der Waals surface area (Å²) in [6.07, 6.45) is 0.615. The monoisotopic (exact) mass is 557 g/mol. The Bertz CT molecular complexity index is 1300. The molecule has 1 aliphatic heterocycles. The Kier molecular flexibility index (Phi) is 8.97. The van der Waals surface area contributed by atoms with Gasteiger partial charge in [-0.25, -0.2) is 4.99 Å². The molecule has 1 N–H and O–H groups in total. The van der Waals surface area contributed by atoms with Crippen molar-refractivity contribution in [2.24, 2.45) is 4.99 Å². The van der Waals surface area contributed by atoms with Gasteiger partial charge in [0.1, 0.15) is 5.25 Å². The van der Waals surface area contributed by atoms with Gasteiger partial charge in [0.05, 0.1) is 19.9 Å². The van der Waals surface area contributed by atoms with Crippen LogP contribution in [0.1, 0.15) is 12.0 Å². The number of hydrogen-bond donors (Lipinski definition) is 1. The van der Waals surface area contributed by atoms with Gasteiger partial charge in [-0.15, -0.1) is 0 Å². The minimum absolute atomic E-state index is 0.0513. The lowest BCUT2D eigenvalue weighted by Gasteiger charge is -2.32. The first-order chi connectivity index (χ1) is 17.9. The van der Waals surface area contributed by atoms with Gasteiger partial charge in [0, 0.05) is 28.7 Å². The van der Waals surface area contributed by atoms with Crippen molar-refractivity contribution >= 4 is 63.3 Å². The number of halogens is 2. The summed E-state index contributed by atoms with van der Waals surface area (Å²) in [6, 6.07) is 19.5. The second kappa shape index (κ2) is 12.4. The number of methoxy groups -OCH3 is 2. The van der Waals surface area contributed by atoms with Crippen molar-refractivity contribution < 1.29 is 19.1 Å². The number of benzene rings is 3. The summed E-state index contributed by atoms with van der Waals surface area (Å²) in [7, 11) is 3.17. The molecule has 10 heteroatoms. The number of rotatable bonds is 8. The molecule has 37 heavy (non-hydrogen) atoms. The molecule has 1 unspecified atom stereocenters. The van der Waals surface area contributed by atoms with Crippen LogP contribution in [-0.2, 0) is 16.0 Å². The van der Waals surface area contributed by atoms with Crippen LogP contribution >= 0.6 is 35.0 Å². The summed E-state index contributed by atoms with van der Waals surface area (Å²) in [4.78, 5) is 32.6. The maximum Gasteiger partial charge on any atom is 0.238 e. The summed E-state index contributed by atoms with van der Waals surface area (Å²) >= 11 is 13.2. The quantitative estimate of drug-likeness (QED) is 0.356. The first kappa shape index (κ1) is 26.9. The van der Waals surface area contributed by atoms with Crippen molar-refractivity contribution in [2.75, 3.05) is 26.1 Å². The molecule has 0 aromatic heterocycles. The fraction of sp³-hybridized carbons (Fsp3) is 0.222. The van der Waals surface area contributed by atoms with Crippen LogP contribution < -0.4 is 14.8 Å². The highest BCUT2D eigenvalue weighted by Gasteiger charge is 2.35. The van der Waals surface area contributed by atoms with E-state index in [-0.39, 0.29) is 18.2 Å². The molecule has 4 rings (SSSR count). The molecule has 0 bridgehead atoms. The predicted octanol–water partition coefficient (Wildman–Crippen LogP) is 6.21. The lowest BCUT2D eigenvalue weighted by molar-refractivity contribution is -0.129. The smallest absolute Gasteiger partial charge is 0.238 e. The molecule has 1 aliphatic rings. The van der Waals surface area contributed by atoms with E-state index in [2.05, 4.69) is 5.32 Å². The molecular weight excluding hydrogens is 533 g/mol. The average Bonchev–Trinajstić information content (AvgIpc) is 2.90. The lowest BCUT2D eigenvalue weighted by atomic mass is 10.1. The maximum atomic E-state index is 13.3. The summed E-state index contributed by atoms with van der Waals surface area (Å²) < 4.78 is 10.7. The number of nitrogens with zero attached hydrogens (tertiary/aromatic N) is 2. The van der Waals surface area contributed by atoms with Crippen LogP contribution in [0.5, 0.6) is 11.5 Å². The van der Waals surface area contributed by atoms with Crippen molar-refractivity contribution in [3.63, 3.8) is 0 Å². The highest BCUT2D eigenvalue weighted by Crippen LogP contribution is 2.32. The highest BCUT2D eigenvalue weighted by atomic mass is 35.5. The van der Waals surface area contributed by atoms with Crippen LogP contribution in [0.3, 0.4) is 0 Å². The molecule has 3 aromatic rings. The van der Waals surface area contributed by atoms with E-state index in [1.807, 2.05) is 18.2 Å². The molecular formula is C27H25Cl2N3O4S. The lowest BCUT2D eigenvalue weighted by Crippen LogP contribution is -2.46. The molecule has 0 spiro atoms. The van der Waals surface area contributed by atoms with E-state index in [1.54, 1.807) is 67.7 Å². The van der Waals surface area contributed by atoms with Gasteiger partial charge in [-0.2, -0.15) is 0 Å². The topological polar surface area (TPSA) is 80.2 Å². The largest absolute Gasteiger partial charge is 0.493 e. The van der Waals surface area contributed by atoms with E-state index in [4.69, 9.17) is 37.7 Å². The zero-order chi connectivity index (χ0) is 26.4. The fourth-order valence-electron chi connectivity index (χ4n) is 3.72. The predicted molar refractivity (Wildman–Crippen MR) is 150 cm³/mol. The van der Waals surface area contributed by atoms with Crippen molar-refractivity contribution in [1.29, 1.82) is 0 Å². The molecule has 192 valence electrons. The van der Waals surface area contributed by atoms with Gasteiger partial charge in [0.15, 0.2) is 16.7 Å². The number of carbonyl (C=O) groups excluding carboxylic acids is 2. The Morgan fingerprint density at radius 1 is 1.00 bits per heavy atom. The second-order valence-electron chi connectivity index (χ2n) is 8.16.